The van der Waals surface area contributed by atoms with E-state index in [0.717, 1.165) is 64.0 Å². The van der Waals surface area contributed by atoms with Crippen molar-refractivity contribution in [2.24, 2.45) is 10.8 Å². The third-order valence-electron chi connectivity index (χ3n) is 8.17. The highest BCUT2D eigenvalue weighted by Crippen LogP contribution is 2.54. The molecule has 8 nitrogen and oxygen atoms in total. The van der Waals surface area contributed by atoms with Gasteiger partial charge in [0, 0.05) is 62.6 Å². The van der Waals surface area contributed by atoms with Gasteiger partial charge in [-0.2, -0.15) is 22.6 Å². The summed E-state index contributed by atoms with van der Waals surface area (Å²) in [6.45, 7) is 5.18. The zero-order valence-corrected chi connectivity index (χ0v) is 19.5. The lowest BCUT2D eigenvalue weighted by molar-refractivity contribution is -0.134. The van der Waals surface area contributed by atoms with Gasteiger partial charge in [0.25, 0.3) is 0 Å². The molecule has 3 aliphatic heterocycles. The molecule has 0 aromatic carbocycles. The van der Waals surface area contributed by atoms with Crippen LogP contribution in [0.15, 0.2) is 12.4 Å². The Kier molecular flexibility index (Phi) is 4.30. The van der Waals surface area contributed by atoms with Crippen molar-refractivity contribution < 1.29 is 18.0 Å². The summed E-state index contributed by atoms with van der Waals surface area (Å²) in [5, 5.41) is 4.66. The maximum absolute atomic E-state index is 12.9. The van der Waals surface area contributed by atoms with Gasteiger partial charge in [-0.1, -0.05) is 0 Å². The minimum Gasteiger partial charge on any atom is -0.323 e. The second-order valence-corrected chi connectivity index (χ2v) is 12.0. The van der Waals surface area contributed by atoms with Gasteiger partial charge in [0.05, 0.1) is 11.7 Å². The number of urea groups is 1. The van der Waals surface area contributed by atoms with E-state index in [2.05, 4.69) is 19.4 Å². The van der Waals surface area contributed by atoms with Crippen LogP contribution in [0.5, 0.6) is 0 Å². The summed E-state index contributed by atoms with van der Waals surface area (Å²) in [6.07, 6.45) is 2.09. The lowest BCUT2D eigenvalue weighted by Crippen LogP contribution is -2.75. The summed E-state index contributed by atoms with van der Waals surface area (Å²) in [4.78, 5) is 22.7. The highest BCUT2D eigenvalue weighted by molar-refractivity contribution is 7.05. The molecule has 3 saturated heterocycles. The van der Waals surface area contributed by atoms with Crippen molar-refractivity contribution in [3.05, 3.63) is 28.8 Å². The van der Waals surface area contributed by atoms with Crippen molar-refractivity contribution in [2.45, 2.75) is 50.4 Å². The molecule has 7 rings (SSSR count). The number of nitrogens with zero attached hydrogens (tertiary/aromatic N) is 7. The van der Waals surface area contributed by atoms with Crippen LogP contribution in [-0.4, -0.2) is 79.1 Å². The maximum atomic E-state index is 12.9. The van der Waals surface area contributed by atoms with E-state index < -0.39 is 11.1 Å². The van der Waals surface area contributed by atoms with E-state index in [1.807, 2.05) is 20.8 Å². The lowest BCUT2D eigenvalue weighted by Gasteiger charge is -2.63. The zero-order chi connectivity index (χ0) is 23.3. The largest absolute Gasteiger partial charge is 0.427 e. The summed E-state index contributed by atoms with van der Waals surface area (Å²) in [5.74, 6) is 1.56. The summed E-state index contributed by atoms with van der Waals surface area (Å²) in [6, 6.07) is 1.69. The number of carbonyl (C=O) groups is 1. The second-order valence-electron chi connectivity index (χ2n) is 11.2. The molecule has 12 heteroatoms. The molecule has 2 spiro atoms. The average Bonchev–Trinajstić information content (AvgIpc) is 3.19. The predicted molar refractivity (Wildman–Crippen MR) is 116 cm³/mol. The zero-order valence-electron chi connectivity index (χ0n) is 18.7. The summed E-state index contributed by atoms with van der Waals surface area (Å²) < 4.78 is 44.2. The standard InChI is InChI=1S/C22H26F3N7OS/c23-22(24,25)17-3-15(28-34-17)6-29-7-21(8-29)11-31(12-21)19(33)30-9-20(10-30)4-16(5-20)32-13-26-18(27-32)14-1-2-14/h3,13-14,16H,1-2,4-12H2. The molecule has 2 amide bonds. The maximum Gasteiger partial charge on any atom is 0.427 e. The molecule has 182 valence electrons. The molecule has 2 saturated carbocycles. The van der Waals surface area contributed by atoms with Gasteiger partial charge >= 0.3 is 12.2 Å². The van der Waals surface area contributed by atoms with Crippen molar-refractivity contribution in [2.75, 3.05) is 39.3 Å². The number of likely N-dealkylation sites (tertiary alicyclic amines) is 3. The van der Waals surface area contributed by atoms with Gasteiger partial charge in [0.15, 0.2) is 5.82 Å². The van der Waals surface area contributed by atoms with Crippen LogP contribution in [-0.2, 0) is 12.7 Å². The molecule has 2 aromatic rings. The molecule has 5 aliphatic rings. The van der Waals surface area contributed by atoms with Gasteiger partial charge in [-0.25, -0.2) is 14.5 Å². The van der Waals surface area contributed by atoms with Crippen LogP contribution in [0.25, 0.3) is 0 Å². The van der Waals surface area contributed by atoms with Gasteiger partial charge in [-0.05, 0) is 43.3 Å². The number of halogens is 3. The number of rotatable bonds is 4. The van der Waals surface area contributed by atoms with E-state index in [1.165, 1.54) is 12.8 Å². The normalized spacial score (nSPS) is 25.7. The SMILES string of the molecule is O=C(N1CC2(CC(n3cnc(C4CC4)n3)C2)C1)N1CC2(CN(Cc3cc(C(F)(F)F)sn3)C2)C1. The molecule has 0 N–H and O–H groups in total. The molecule has 0 radical (unpaired) electrons. The fourth-order valence-electron chi connectivity index (χ4n) is 6.34. The third-order valence-corrected chi connectivity index (χ3v) is 9.04. The molecule has 5 heterocycles. The Bertz CT molecular complexity index is 1110. The first-order valence-corrected chi connectivity index (χ1v) is 12.7. The molecule has 5 fully saturated rings. The Morgan fingerprint density at radius 2 is 1.74 bits per heavy atom. The molecule has 34 heavy (non-hydrogen) atoms. The van der Waals surface area contributed by atoms with E-state index >= 15 is 0 Å². The number of aromatic nitrogens is 4. The summed E-state index contributed by atoms with van der Waals surface area (Å²) >= 11 is 0.511. The molecule has 0 atom stereocenters. The van der Waals surface area contributed by atoms with Crippen LogP contribution in [0, 0.1) is 10.8 Å². The predicted octanol–water partition coefficient (Wildman–Crippen LogP) is 3.21. The molecule has 0 bridgehead atoms. The van der Waals surface area contributed by atoms with Crippen LogP contribution in [0.3, 0.4) is 0 Å². The van der Waals surface area contributed by atoms with Gasteiger partial charge in [-0.3, -0.25) is 4.90 Å². The Balaban J connectivity index is 0.844. The van der Waals surface area contributed by atoms with Crippen molar-refractivity contribution in [1.82, 2.24) is 33.8 Å². The van der Waals surface area contributed by atoms with Gasteiger partial charge in [-0.15, -0.1) is 0 Å². The van der Waals surface area contributed by atoms with Crippen molar-refractivity contribution >= 4 is 17.6 Å². The van der Waals surface area contributed by atoms with Crippen LogP contribution >= 0.6 is 11.5 Å². The second kappa shape index (κ2) is 6.93. The van der Waals surface area contributed by atoms with Gasteiger partial charge in [0.2, 0.25) is 0 Å². The molecular formula is C22H26F3N7OS. The quantitative estimate of drug-likeness (QED) is 0.654. The first-order chi connectivity index (χ1) is 16.2. The first-order valence-electron chi connectivity index (χ1n) is 11.9. The topological polar surface area (TPSA) is 70.4 Å². The van der Waals surface area contributed by atoms with E-state index in [4.69, 9.17) is 0 Å². The third kappa shape index (κ3) is 3.43. The molecular weight excluding hydrogens is 467 g/mol. The van der Waals surface area contributed by atoms with Crippen molar-refractivity contribution in [3.63, 3.8) is 0 Å². The number of hydrogen-bond donors (Lipinski definition) is 0. The minimum atomic E-state index is -4.33. The van der Waals surface area contributed by atoms with E-state index in [9.17, 15) is 18.0 Å². The van der Waals surface area contributed by atoms with Gasteiger partial charge in [0.1, 0.15) is 11.2 Å². The smallest absolute Gasteiger partial charge is 0.323 e. The first kappa shape index (κ1) is 21.1. The Labute approximate surface area is 198 Å². The van der Waals surface area contributed by atoms with Crippen molar-refractivity contribution in [3.8, 4) is 0 Å². The van der Waals surface area contributed by atoms with E-state index in [0.29, 0.717) is 35.7 Å². The Morgan fingerprint density at radius 3 is 2.35 bits per heavy atom. The molecule has 2 aliphatic carbocycles. The van der Waals surface area contributed by atoms with Crippen LogP contribution in [0.2, 0.25) is 0 Å². The minimum absolute atomic E-state index is 0.106. The van der Waals surface area contributed by atoms with Gasteiger partial charge < -0.3 is 9.80 Å². The number of alkyl halides is 3. The fraction of sp³-hybridized carbons (Fsp3) is 0.727. The Morgan fingerprint density at radius 1 is 1.06 bits per heavy atom. The van der Waals surface area contributed by atoms with E-state index in [1.54, 1.807) is 0 Å². The highest BCUT2D eigenvalue weighted by atomic mass is 32.1. The Hall–Kier alpha value is -2.21. The number of amides is 2. The number of carbonyl (C=O) groups excluding carboxylic acids is 1. The highest BCUT2D eigenvalue weighted by Gasteiger charge is 2.58. The molecule has 2 aromatic heterocycles. The van der Waals surface area contributed by atoms with Crippen LogP contribution in [0.4, 0.5) is 18.0 Å². The number of hydrogen-bond acceptors (Lipinski definition) is 6. The monoisotopic (exact) mass is 493 g/mol. The average molecular weight is 494 g/mol. The summed E-state index contributed by atoms with van der Waals surface area (Å²) in [5.41, 5.74) is 0.832. The fourth-order valence-corrected chi connectivity index (χ4v) is 6.96. The van der Waals surface area contributed by atoms with Crippen LogP contribution < -0.4 is 0 Å². The summed E-state index contributed by atoms with van der Waals surface area (Å²) in [7, 11) is 0. The van der Waals surface area contributed by atoms with Crippen LogP contribution in [0.1, 0.15) is 54.0 Å². The van der Waals surface area contributed by atoms with E-state index in [-0.39, 0.29) is 16.9 Å². The van der Waals surface area contributed by atoms with Crippen molar-refractivity contribution in [1.29, 1.82) is 0 Å². The molecule has 0 unspecified atom stereocenters. The lowest BCUT2D eigenvalue weighted by atomic mass is 9.60.